The van der Waals surface area contributed by atoms with Gasteiger partial charge in [0.2, 0.25) is 0 Å². The molecule has 1 aromatic heterocycles. The Labute approximate surface area is 134 Å². The molecular weight excluding hydrogens is 308 g/mol. The maximum absolute atomic E-state index is 12.2. The van der Waals surface area contributed by atoms with Gasteiger partial charge in [-0.3, -0.25) is 4.79 Å². The third kappa shape index (κ3) is 3.89. The molecule has 1 aromatic carbocycles. The number of hydrogen-bond acceptors (Lipinski definition) is 4. The molecule has 114 valence electrons. The van der Waals surface area contributed by atoms with Crippen molar-refractivity contribution in [1.82, 2.24) is 0 Å². The molecule has 0 atom stereocenters. The molecule has 2 rings (SSSR count). The SMILES string of the molecule is CCc1sc(C(=O)Nc2ccc(OC)c(N)c2)cc1C.Cl. The molecule has 0 aliphatic carbocycles. The first-order valence-electron chi connectivity index (χ1n) is 6.39. The van der Waals surface area contributed by atoms with Crippen LogP contribution in [0, 0.1) is 6.92 Å². The summed E-state index contributed by atoms with van der Waals surface area (Å²) in [5.74, 6) is 0.491. The third-order valence-corrected chi connectivity index (χ3v) is 4.43. The molecule has 2 aromatic rings. The number of anilines is 2. The van der Waals surface area contributed by atoms with Crippen LogP contribution in [0.1, 0.15) is 27.0 Å². The zero-order chi connectivity index (χ0) is 14.7. The van der Waals surface area contributed by atoms with E-state index >= 15 is 0 Å². The maximum atomic E-state index is 12.2. The number of carbonyl (C=O) groups is 1. The first kappa shape index (κ1) is 17.3. The summed E-state index contributed by atoms with van der Waals surface area (Å²) in [7, 11) is 1.56. The molecule has 0 aliphatic heterocycles. The lowest BCUT2D eigenvalue weighted by molar-refractivity contribution is 0.103. The fourth-order valence-electron chi connectivity index (χ4n) is 1.99. The Balaban J connectivity index is 0.00000220. The van der Waals surface area contributed by atoms with Gasteiger partial charge in [0, 0.05) is 10.6 Å². The zero-order valence-electron chi connectivity index (χ0n) is 12.2. The van der Waals surface area contributed by atoms with Gasteiger partial charge in [-0.25, -0.2) is 0 Å². The van der Waals surface area contributed by atoms with E-state index in [4.69, 9.17) is 10.5 Å². The molecule has 0 radical (unpaired) electrons. The average molecular weight is 327 g/mol. The molecule has 0 fully saturated rings. The Bertz CT molecular complexity index is 641. The highest BCUT2D eigenvalue weighted by molar-refractivity contribution is 7.14. The molecule has 0 aliphatic rings. The van der Waals surface area contributed by atoms with E-state index in [1.54, 1.807) is 25.3 Å². The van der Waals surface area contributed by atoms with Gasteiger partial charge in [-0.1, -0.05) is 6.92 Å². The number of aryl methyl sites for hydroxylation is 2. The number of thiophene rings is 1. The summed E-state index contributed by atoms with van der Waals surface area (Å²) >= 11 is 1.53. The number of nitrogens with two attached hydrogens (primary N) is 1. The first-order chi connectivity index (χ1) is 9.55. The predicted molar refractivity (Wildman–Crippen MR) is 91.0 cm³/mol. The van der Waals surface area contributed by atoms with Gasteiger partial charge < -0.3 is 15.8 Å². The van der Waals surface area contributed by atoms with Crippen molar-refractivity contribution in [2.45, 2.75) is 20.3 Å². The van der Waals surface area contributed by atoms with Crippen LogP contribution in [0.2, 0.25) is 0 Å². The lowest BCUT2D eigenvalue weighted by Crippen LogP contribution is -2.10. The number of halogens is 1. The second-order valence-electron chi connectivity index (χ2n) is 4.48. The Morgan fingerprint density at radius 3 is 2.62 bits per heavy atom. The molecular formula is C15H19ClN2O2S. The van der Waals surface area contributed by atoms with E-state index in [9.17, 15) is 4.79 Å². The van der Waals surface area contributed by atoms with E-state index in [1.165, 1.54) is 16.2 Å². The van der Waals surface area contributed by atoms with E-state index in [1.807, 2.05) is 13.0 Å². The number of nitrogen functional groups attached to an aromatic ring is 1. The smallest absolute Gasteiger partial charge is 0.265 e. The molecule has 0 saturated carbocycles. The standard InChI is InChI=1S/C15H18N2O2S.ClH/c1-4-13-9(2)7-14(20-13)15(18)17-10-5-6-12(19-3)11(16)8-10;/h5-8H,4,16H2,1-3H3,(H,17,18);1H. The minimum Gasteiger partial charge on any atom is -0.495 e. The summed E-state index contributed by atoms with van der Waals surface area (Å²) in [6.07, 6.45) is 0.944. The Morgan fingerprint density at radius 2 is 2.10 bits per heavy atom. The van der Waals surface area contributed by atoms with Crippen LogP contribution >= 0.6 is 23.7 Å². The van der Waals surface area contributed by atoms with Crippen LogP contribution in [0.4, 0.5) is 11.4 Å². The molecule has 0 unspecified atom stereocenters. The van der Waals surface area contributed by atoms with Gasteiger partial charge in [-0.05, 0) is 43.2 Å². The molecule has 1 heterocycles. The third-order valence-electron chi connectivity index (χ3n) is 3.05. The number of amides is 1. The summed E-state index contributed by atoms with van der Waals surface area (Å²) in [5, 5.41) is 2.85. The summed E-state index contributed by atoms with van der Waals surface area (Å²) in [6, 6.07) is 7.13. The van der Waals surface area contributed by atoms with Gasteiger partial charge in [0.1, 0.15) is 5.75 Å². The van der Waals surface area contributed by atoms with Crippen molar-refractivity contribution in [1.29, 1.82) is 0 Å². The highest BCUT2D eigenvalue weighted by atomic mass is 35.5. The highest BCUT2D eigenvalue weighted by Gasteiger charge is 2.12. The minimum absolute atomic E-state index is 0. The van der Waals surface area contributed by atoms with Crippen LogP contribution in [0.25, 0.3) is 0 Å². The summed E-state index contributed by atoms with van der Waals surface area (Å²) in [5.41, 5.74) is 8.15. The van der Waals surface area contributed by atoms with Gasteiger partial charge in [0.25, 0.3) is 5.91 Å². The highest BCUT2D eigenvalue weighted by Crippen LogP contribution is 2.26. The number of carbonyl (C=O) groups excluding carboxylic acids is 1. The van der Waals surface area contributed by atoms with Gasteiger partial charge in [0.05, 0.1) is 17.7 Å². The Kier molecular flexibility index (Phi) is 6.05. The summed E-state index contributed by atoms with van der Waals surface area (Å²) in [4.78, 5) is 14.1. The maximum Gasteiger partial charge on any atom is 0.265 e. The number of ether oxygens (including phenoxy) is 1. The van der Waals surface area contributed by atoms with Crippen molar-refractivity contribution in [2.75, 3.05) is 18.2 Å². The van der Waals surface area contributed by atoms with E-state index in [0.29, 0.717) is 22.0 Å². The van der Waals surface area contributed by atoms with E-state index in [0.717, 1.165) is 12.0 Å². The van der Waals surface area contributed by atoms with E-state index < -0.39 is 0 Å². The Morgan fingerprint density at radius 1 is 1.38 bits per heavy atom. The molecule has 6 heteroatoms. The fourth-order valence-corrected chi connectivity index (χ4v) is 3.00. The minimum atomic E-state index is -0.109. The average Bonchev–Trinajstić information content (AvgIpc) is 2.80. The second-order valence-corrected chi connectivity index (χ2v) is 5.62. The van der Waals surface area contributed by atoms with E-state index in [-0.39, 0.29) is 18.3 Å². The van der Waals surface area contributed by atoms with Gasteiger partial charge >= 0.3 is 0 Å². The molecule has 21 heavy (non-hydrogen) atoms. The summed E-state index contributed by atoms with van der Waals surface area (Å²) < 4.78 is 5.09. The van der Waals surface area contributed by atoms with Crippen LogP contribution in [0.15, 0.2) is 24.3 Å². The molecule has 0 bridgehead atoms. The fraction of sp³-hybridized carbons (Fsp3) is 0.267. The van der Waals surface area contributed by atoms with Crippen molar-refractivity contribution in [3.63, 3.8) is 0 Å². The number of nitrogens with one attached hydrogen (secondary N) is 1. The number of rotatable bonds is 4. The van der Waals surface area contributed by atoms with Crippen molar-refractivity contribution in [3.05, 3.63) is 39.6 Å². The molecule has 3 N–H and O–H groups in total. The topological polar surface area (TPSA) is 64.3 Å². The molecule has 0 spiro atoms. The number of benzene rings is 1. The van der Waals surface area contributed by atoms with Gasteiger partial charge in [-0.2, -0.15) is 0 Å². The van der Waals surface area contributed by atoms with Crippen molar-refractivity contribution in [3.8, 4) is 5.75 Å². The Hall–Kier alpha value is -1.72. The number of methoxy groups -OCH3 is 1. The van der Waals surface area contributed by atoms with Crippen LogP contribution in [-0.2, 0) is 6.42 Å². The van der Waals surface area contributed by atoms with Gasteiger partial charge in [0.15, 0.2) is 0 Å². The number of hydrogen-bond donors (Lipinski definition) is 2. The van der Waals surface area contributed by atoms with E-state index in [2.05, 4.69) is 12.2 Å². The first-order valence-corrected chi connectivity index (χ1v) is 7.21. The van der Waals surface area contributed by atoms with Crippen LogP contribution in [-0.4, -0.2) is 13.0 Å². The quantitative estimate of drug-likeness (QED) is 0.838. The lowest BCUT2D eigenvalue weighted by atomic mass is 10.2. The monoisotopic (exact) mass is 326 g/mol. The van der Waals surface area contributed by atoms with Gasteiger partial charge in [-0.15, -0.1) is 23.7 Å². The molecule has 4 nitrogen and oxygen atoms in total. The summed E-state index contributed by atoms with van der Waals surface area (Å²) in [6.45, 7) is 4.11. The van der Waals surface area contributed by atoms with Crippen LogP contribution in [0.3, 0.4) is 0 Å². The molecule has 1 amide bonds. The molecule has 0 saturated heterocycles. The van der Waals surface area contributed by atoms with Crippen molar-refractivity contribution >= 4 is 41.0 Å². The second kappa shape index (κ2) is 7.33. The van der Waals surface area contributed by atoms with Crippen molar-refractivity contribution in [2.24, 2.45) is 0 Å². The lowest BCUT2D eigenvalue weighted by Gasteiger charge is -2.08. The largest absolute Gasteiger partial charge is 0.495 e. The predicted octanol–water partition coefficient (Wildman–Crippen LogP) is 3.88. The normalized spacial score (nSPS) is 9.86. The van der Waals surface area contributed by atoms with Crippen LogP contribution < -0.4 is 15.8 Å². The zero-order valence-corrected chi connectivity index (χ0v) is 13.9. The van der Waals surface area contributed by atoms with Crippen LogP contribution in [0.5, 0.6) is 5.75 Å². The van der Waals surface area contributed by atoms with Crippen molar-refractivity contribution < 1.29 is 9.53 Å².